The molecule has 5 heteroatoms. The van der Waals surface area contributed by atoms with Crippen molar-refractivity contribution >= 4 is 12.2 Å². The number of urea groups is 1. The van der Waals surface area contributed by atoms with E-state index in [4.69, 9.17) is 5.73 Å². The molecule has 0 unspecified atom stereocenters. The second-order valence-electron chi connectivity index (χ2n) is 4.32. The molecule has 0 heterocycles. The van der Waals surface area contributed by atoms with Gasteiger partial charge in [-0.15, -0.1) is 0 Å². The maximum absolute atomic E-state index is 13.1. The lowest BCUT2D eigenvalue weighted by Gasteiger charge is -2.07. The van der Waals surface area contributed by atoms with Gasteiger partial charge in [0.15, 0.2) is 0 Å². The Balaban J connectivity index is 2.29. The quantitative estimate of drug-likeness (QED) is 0.654. The van der Waals surface area contributed by atoms with Gasteiger partial charge >= 0.3 is 6.03 Å². The van der Waals surface area contributed by atoms with Crippen molar-refractivity contribution < 1.29 is 9.18 Å². The Labute approximate surface area is 116 Å². The van der Waals surface area contributed by atoms with E-state index in [2.05, 4.69) is 10.5 Å². The third-order valence-electron chi connectivity index (χ3n) is 2.77. The van der Waals surface area contributed by atoms with E-state index in [9.17, 15) is 9.18 Å². The molecule has 0 aromatic heterocycles. The van der Waals surface area contributed by atoms with Crippen LogP contribution in [0.2, 0.25) is 0 Å². The summed E-state index contributed by atoms with van der Waals surface area (Å²) in [6.45, 7) is 1.85. The van der Waals surface area contributed by atoms with Crippen molar-refractivity contribution in [2.24, 2.45) is 10.8 Å². The second-order valence-corrected chi connectivity index (χ2v) is 4.32. The van der Waals surface area contributed by atoms with Gasteiger partial charge in [-0.05, 0) is 47.4 Å². The molecule has 0 spiro atoms. The summed E-state index contributed by atoms with van der Waals surface area (Å²) in [5, 5.41) is 3.70. The first kappa shape index (κ1) is 13.7. The summed E-state index contributed by atoms with van der Waals surface area (Å²) in [4.78, 5) is 10.5. The number of primary amides is 1. The Hall–Kier alpha value is -2.69. The number of hydrazone groups is 1. The van der Waals surface area contributed by atoms with Gasteiger partial charge in [-0.3, -0.25) is 0 Å². The molecular formula is C15H14FN3O. The molecule has 2 amide bonds. The topological polar surface area (TPSA) is 67.5 Å². The van der Waals surface area contributed by atoms with Crippen molar-refractivity contribution in [2.75, 3.05) is 0 Å². The minimum atomic E-state index is -0.716. The summed E-state index contributed by atoms with van der Waals surface area (Å²) in [6, 6.07) is 11.5. The molecule has 0 aliphatic heterocycles. The molecule has 2 aromatic carbocycles. The van der Waals surface area contributed by atoms with Gasteiger partial charge in [0.1, 0.15) is 5.82 Å². The van der Waals surface area contributed by atoms with Gasteiger partial charge in [0.05, 0.1) is 6.21 Å². The number of aryl methyl sites for hydroxylation is 1. The van der Waals surface area contributed by atoms with E-state index in [-0.39, 0.29) is 5.82 Å². The molecule has 0 aliphatic carbocycles. The largest absolute Gasteiger partial charge is 0.350 e. The standard InChI is InChI=1S/C15H14FN3O/c1-10-7-13(16)5-6-14(10)12-4-2-3-11(8-12)9-18-19-15(17)20/h2-9H,1H3,(H3,17,19,20). The second kappa shape index (κ2) is 5.97. The average Bonchev–Trinajstić information content (AvgIpc) is 2.38. The summed E-state index contributed by atoms with van der Waals surface area (Å²) >= 11 is 0. The smallest absolute Gasteiger partial charge is 0.332 e. The van der Waals surface area contributed by atoms with Gasteiger partial charge in [0.2, 0.25) is 0 Å². The monoisotopic (exact) mass is 271 g/mol. The zero-order chi connectivity index (χ0) is 14.5. The van der Waals surface area contributed by atoms with Crippen LogP contribution < -0.4 is 11.2 Å². The number of hydrogen-bond acceptors (Lipinski definition) is 2. The third-order valence-corrected chi connectivity index (χ3v) is 2.77. The molecule has 0 saturated heterocycles. The highest BCUT2D eigenvalue weighted by Gasteiger charge is 2.03. The van der Waals surface area contributed by atoms with E-state index in [1.54, 1.807) is 6.07 Å². The molecule has 3 N–H and O–H groups in total. The normalized spacial score (nSPS) is 10.7. The van der Waals surface area contributed by atoms with Gasteiger partial charge in [-0.25, -0.2) is 14.6 Å². The van der Waals surface area contributed by atoms with Crippen molar-refractivity contribution in [3.63, 3.8) is 0 Å². The van der Waals surface area contributed by atoms with Crippen molar-refractivity contribution in [1.82, 2.24) is 5.43 Å². The number of carbonyl (C=O) groups is 1. The van der Waals surface area contributed by atoms with E-state index in [0.717, 1.165) is 22.3 Å². The summed E-state index contributed by atoms with van der Waals surface area (Å²) in [6.07, 6.45) is 1.49. The fourth-order valence-corrected chi connectivity index (χ4v) is 1.91. The maximum atomic E-state index is 13.1. The van der Waals surface area contributed by atoms with Crippen molar-refractivity contribution in [2.45, 2.75) is 6.92 Å². The number of rotatable bonds is 3. The number of halogens is 1. The van der Waals surface area contributed by atoms with Crippen LogP contribution in [0.25, 0.3) is 11.1 Å². The predicted octanol–water partition coefficient (Wildman–Crippen LogP) is 2.80. The molecular weight excluding hydrogens is 257 g/mol. The van der Waals surface area contributed by atoms with E-state index in [1.807, 2.05) is 31.2 Å². The lowest BCUT2D eigenvalue weighted by Crippen LogP contribution is -2.24. The van der Waals surface area contributed by atoms with E-state index in [1.165, 1.54) is 18.3 Å². The van der Waals surface area contributed by atoms with Crippen LogP contribution in [-0.4, -0.2) is 12.2 Å². The van der Waals surface area contributed by atoms with Crippen LogP contribution in [0.15, 0.2) is 47.6 Å². The highest BCUT2D eigenvalue weighted by molar-refractivity contribution is 5.84. The molecule has 2 rings (SSSR count). The molecule has 0 saturated carbocycles. The van der Waals surface area contributed by atoms with Gasteiger partial charge in [0, 0.05) is 0 Å². The van der Waals surface area contributed by atoms with Crippen molar-refractivity contribution in [3.05, 3.63) is 59.4 Å². The molecule has 2 aromatic rings. The zero-order valence-corrected chi connectivity index (χ0v) is 10.9. The molecule has 0 atom stereocenters. The molecule has 4 nitrogen and oxygen atoms in total. The Kier molecular flexibility index (Phi) is 4.10. The fourth-order valence-electron chi connectivity index (χ4n) is 1.91. The zero-order valence-electron chi connectivity index (χ0n) is 10.9. The Bertz CT molecular complexity index is 668. The van der Waals surface area contributed by atoms with E-state index in [0.29, 0.717) is 0 Å². The van der Waals surface area contributed by atoms with Crippen LogP contribution in [-0.2, 0) is 0 Å². The van der Waals surface area contributed by atoms with Crippen LogP contribution in [0, 0.1) is 12.7 Å². The number of nitrogens with zero attached hydrogens (tertiary/aromatic N) is 1. The predicted molar refractivity (Wildman–Crippen MR) is 76.9 cm³/mol. The van der Waals surface area contributed by atoms with Crippen LogP contribution in [0.1, 0.15) is 11.1 Å². The first-order chi connectivity index (χ1) is 9.56. The van der Waals surface area contributed by atoms with Gasteiger partial charge in [0.25, 0.3) is 0 Å². The maximum Gasteiger partial charge on any atom is 0.332 e. The fraction of sp³-hybridized carbons (Fsp3) is 0.0667. The van der Waals surface area contributed by atoms with Gasteiger partial charge in [-0.1, -0.05) is 24.3 Å². The summed E-state index contributed by atoms with van der Waals surface area (Å²) < 4.78 is 13.1. The first-order valence-corrected chi connectivity index (χ1v) is 6.01. The lowest BCUT2D eigenvalue weighted by molar-refractivity contribution is 0.249. The molecule has 0 aliphatic rings. The highest BCUT2D eigenvalue weighted by Crippen LogP contribution is 2.24. The van der Waals surface area contributed by atoms with Crippen molar-refractivity contribution in [3.8, 4) is 11.1 Å². The Morgan fingerprint density at radius 3 is 2.80 bits per heavy atom. The molecule has 0 radical (unpaired) electrons. The molecule has 20 heavy (non-hydrogen) atoms. The number of amides is 2. The van der Waals surface area contributed by atoms with E-state index >= 15 is 0 Å². The average molecular weight is 271 g/mol. The van der Waals surface area contributed by atoms with Crippen LogP contribution in [0.3, 0.4) is 0 Å². The molecule has 0 fully saturated rings. The highest BCUT2D eigenvalue weighted by atomic mass is 19.1. The number of nitrogens with one attached hydrogen (secondary N) is 1. The molecule has 0 bridgehead atoms. The Morgan fingerprint density at radius 2 is 2.10 bits per heavy atom. The van der Waals surface area contributed by atoms with Crippen LogP contribution in [0.5, 0.6) is 0 Å². The summed E-state index contributed by atoms with van der Waals surface area (Å²) in [5.41, 5.74) is 10.6. The first-order valence-electron chi connectivity index (χ1n) is 6.01. The minimum Gasteiger partial charge on any atom is -0.350 e. The van der Waals surface area contributed by atoms with E-state index < -0.39 is 6.03 Å². The number of hydrogen-bond donors (Lipinski definition) is 2. The van der Waals surface area contributed by atoms with Gasteiger partial charge < -0.3 is 5.73 Å². The van der Waals surface area contributed by atoms with Crippen molar-refractivity contribution in [1.29, 1.82) is 0 Å². The van der Waals surface area contributed by atoms with Gasteiger partial charge in [-0.2, -0.15) is 5.10 Å². The number of nitrogens with two attached hydrogens (primary N) is 1. The summed E-state index contributed by atoms with van der Waals surface area (Å²) in [5.74, 6) is -0.255. The number of carbonyl (C=O) groups excluding carboxylic acids is 1. The molecule has 102 valence electrons. The Morgan fingerprint density at radius 1 is 1.30 bits per heavy atom. The SMILES string of the molecule is Cc1cc(F)ccc1-c1cccc(C=NNC(N)=O)c1. The third kappa shape index (κ3) is 3.41. The van der Waals surface area contributed by atoms with Crippen LogP contribution in [0.4, 0.5) is 9.18 Å². The summed E-state index contributed by atoms with van der Waals surface area (Å²) in [7, 11) is 0. The number of benzene rings is 2. The lowest BCUT2D eigenvalue weighted by atomic mass is 9.99. The minimum absolute atomic E-state index is 0.255. The van der Waals surface area contributed by atoms with Crippen LogP contribution >= 0.6 is 0 Å².